The van der Waals surface area contributed by atoms with Crippen LogP contribution in [0.4, 0.5) is 5.13 Å². The number of anilines is 1. The number of amides is 1. The van der Waals surface area contributed by atoms with Gasteiger partial charge >= 0.3 is 0 Å². The molecule has 188 valence electrons. The quantitative estimate of drug-likeness (QED) is 0.297. The molecule has 0 saturated carbocycles. The lowest BCUT2D eigenvalue weighted by Gasteiger charge is -2.35. The molecule has 0 spiro atoms. The third kappa shape index (κ3) is 4.92. The van der Waals surface area contributed by atoms with Crippen molar-refractivity contribution in [2.24, 2.45) is 0 Å². The Hall–Kier alpha value is -2.37. The minimum atomic E-state index is -3.87. The molecule has 1 amide bonds. The van der Waals surface area contributed by atoms with Gasteiger partial charge in [0.2, 0.25) is 5.91 Å². The molecule has 4 heterocycles. The number of aromatic nitrogens is 2. The molecule has 3 aromatic heterocycles. The van der Waals surface area contributed by atoms with E-state index in [2.05, 4.69) is 11.1 Å². The summed E-state index contributed by atoms with van der Waals surface area (Å²) >= 11 is 8.48. The van der Waals surface area contributed by atoms with E-state index in [0.29, 0.717) is 22.3 Å². The van der Waals surface area contributed by atoms with Crippen molar-refractivity contribution in [1.29, 1.82) is 0 Å². The second-order valence-electron chi connectivity index (χ2n) is 8.87. The lowest BCUT2D eigenvalue weighted by atomic mass is 10.0. The van der Waals surface area contributed by atoms with Crippen molar-refractivity contribution in [1.82, 2.24) is 14.3 Å². The minimum Gasteiger partial charge on any atom is -0.282 e. The highest BCUT2D eigenvalue weighted by molar-refractivity contribution is 7.91. The highest BCUT2D eigenvalue weighted by atomic mass is 35.5. The number of piperidine rings is 1. The van der Waals surface area contributed by atoms with Gasteiger partial charge in [-0.3, -0.25) is 14.7 Å². The van der Waals surface area contributed by atoms with Gasteiger partial charge in [-0.25, -0.2) is 13.4 Å². The van der Waals surface area contributed by atoms with Gasteiger partial charge in [0, 0.05) is 18.9 Å². The zero-order valence-electron chi connectivity index (χ0n) is 19.8. The van der Waals surface area contributed by atoms with Crippen molar-refractivity contribution >= 4 is 65.6 Å². The Morgan fingerprint density at radius 3 is 2.69 bits per heavy atom. The van der Waals surface area contributed by atoms with Crippen molar-refractivity contribution in [3.8, 4) is 0 Å². The van der Waals surface area contributed by atoms with Gasteiger partial charge in [0.25, 0.3) is 10.0 Å². The molecule has 0 aliphatic carbocycles. The number of carbonyl (C=O) groups is 1. The summed E-state index contributed by atoms with van der Waals surface area (Å²) in [5, 5.41) is 0.547. The van der Waals surface area contributed by atoms with Gasteiger partial charge in [-0.2, -0.15) is 4.31 Å². The molecule has 0 N–H and O–H groups in total. The number of thiophene rings is 1. The van der Waals surface area contributed by atoms with Crippen molar-refractivity contribution in [2.75, 3.05) is 11.4 Å². The third-order valence-corrected chi connectivity index (χ3v) is 11.1. The molecule has 1 unspecified atom stereocenters. The number of hydrogen-bond donors (Lipinski definition) is 0. The van der Waals surface area contributed by atoms with E-state index in [-0.39, 0.29) is 23.2 Å². The second-order valence-corrected chi connectivity index (χ2v) is 13.7. The van der Waals surface area contributed by atoms with E-state index in [1.54, 1.807) is 23.4 Å². The van der Waals surface area contributed by atoms with Crippen molar-refractivity contribution < 1.29 is 13.2 Å². The molecule has 4 aromatic rings. The predicted octanol–water partition coefficient (Wildman–Crippen LogP) is 5.80. The molecule has 0 bridgehead atoms. The van der Waals surface area contributed by atoms with Gasteiger partial charge in [0.1, 0.15) is 10.3 Å². The fourth-order valence-electron chi connectivity index (χ4n) is 4.37. The SMILES string of the molecule is Cc1cc2nc(N(Cc3cccnc3)C(=O)C3CCCCN3S(=O)(=O)c3ccc(Cl)s3)sc2cc1C. The molecular formula is C25H25ClN4O3S3. The van der Waals surface area contributed by atoms with Crippen LogP contribution in [0.3, 0.4) is 0 Å². The van der Waals surface area contributed by atoms with E-state index in [1.165, 1.54) is 21.7 Å². The largest absolute Gasteiger partial charge is 0.282 e. The van der Waals surface area contributed by atoms with E-state index >= 15 is 0 Å². The lowest BCUT2D eigenvalue weighted by Crippen LogP contribution is -2.52. The molecular weight excluding hydrogens is 536 g/mol. The zero-order chi connectivity index (χ0) is 25.4. The maximum Gasteiger partial charge on any atom is 0.253 e. The highest BCUT2D eigenvalue weighted by Crippen LogP contribution is 2.35. The van der Waals surface area contributed by atoms with Crippen molar-refractivity contribution in [3.05, 3.63) is 69.8 Å². The normalized spacial score (nSPS) is 16.9. The van der Waals surface area contributed by atoms with Gasteiger partial charge in [-0.1, -0.05) is 35.4 Å². The summed E-state index contributed by atoms with van der Waals surface area (Å²) in [6.07, 6.45) is 5.31. The second kappa shape index (κ2) is 10.2. The van der Waals surface area contributed by atoms with Crippen LogP contribution in [0.25, 0.3) is 10.2 Å². The molecule has 1 atom stereocenters. The van der Waals surface area contributed by atoms with Crippen LogP contribution in [0.1, 0.15) is 36.0 Å². The number of pyridine rings is 1. The Kier molecular flexibility index (Phi) is 7.15. The number of aryl methyl sites for hydroxylation is 2. The Balaban J connectivity index is 1.55. The Morgan fingerprint density at radius 1 is 1.17 bits per heavy atom. The molecule has 36 heavy (non-hydrogen) atoms. The van der Waals surface area contributed by atoms with Crippen LogP contribution in [0.15, 0.2) is 53.0 Å². The van der Waals surface area contributed by atoms with Crippen LogP contribution in [0.5, 0.6) is 0 Å². The first kappa shape index (κ1) is 25.3. The monoisotopic (exact) mass is 560 g/mol. The van der Waals surface area contributed by atoms with Gasteiger partial charge in [0.05, 0.1) is 21.1 Å². The molecule has 1 aliphatic rings. The summed E-state index contributed by atoms with van der Waals surface area (Å²) in [6, 6.07) is 10.1. The number of benzene rings is 1. The van der Waals surface area contributed by atoms with Crippen LogP contribution in [-0.2, 0) is 21.4 Å². The molecule has 11 heteroatoms. The number of carbonyl (C=O) groups excluding carboxylic acids is 1. The minimum absolute atomic E-state index is 0.150. The Morgan fingerprint density at radius 2 is 1.97 bits per heavy atom. The Bertz CT molecular complexity index is 1480. The molecule has 1 aliphatic heterocycles. The first-order chi connectivity index (χ1) is 17.2. The Labute approximate surface area is 223 Å². The van der Waals surface area contributed by atoms with E-state index in [9.17, 15) is 13.2 Å². The number of hydrogen-bond acceptors (Lipinski definition) is 7. The summed E-state index contributed by atoms with van der Waals surface area (Å²) in [4.78, 5) is 24.8. The number of rotatable bonds is 6. The smallest absolute Gasteiger partial charge is 0.253 e. The predicted molar refractivity (Wildman–Crippen MR) is 145 cm³/mol. The van der Waals surface area contributed by atoms with Gasteiger partial charge in [0.15, 0.2) is 5.13 Å². The average Bonchev–Trinajstić information content (AvgIpc) is 3.49. The van der Waals surface area contributed by atoms with Crippen LogP contribution < -0.4 is 4.90 Å². The molecule has 7 nitrogen and oxygen atoms in total. The van der Waals surface area contributed by atoms with Gasteiger partial charge in [-0.05, 0) is 73.7 Å². The van der Waals surface area contributed by atoms with Gasteiger partial charge in [-0.15, -0.1) is 11.3 Å². The average molecular weight is 561 g/mol. The van der Waals surface area contributed by atoms with Crippen LogP contribution in [0, 0.1) is 13.8 Å². The standard InChI is InChI=1S/C25H25ClN4O3S3/c1-16-12-19-21(13-17(16)2)34-25(28-19)29(15-18-6-5-10-27-14-18)24(31)20-7-3-4-11-30(20)36(32,33)23-9-8-22(26)35-23/h5-6,8-10,12-14,20H,3-4,7,11,15H2,1-2H3. The summed E-state index contributed by atoms with van der Waals surface area (Å²) in [5.74, 6) is -0.280. The van der Waals surface area contributed by atoms with Crippen LogP contribution >= 0.6 is 34.3 Å². The molecule has 1 fully saturated rings. The lowest BCUT2D eigenvalue weighted by molar-refractivity contribution is -0.123. The molecule has 0 radical (unpaired) electrons. The molecule has 1 aromatic carbocycles. The zero-order valence-corrected chi connectivity index (χ0v) is 23.1. The summed E-state index contributed by atoms with van der Waals surface area (Å²) in [5.41, 5.74) is 3.95. The molecule has 5 rings (SSSR count). The topological polar surface area (TPSA) is 83.5 Å². The number of thiazole rings is 1. The van der Waals surface area contributed by atoms with E-state index in [4.69, 9.17) is 16.6 Å². The van der Waals surface area contributed by atoms with Crippen LogP contribution in [0.2, 0.25) is 4.34 Å². The molecule has 1 saturated heterocycles. The summed E-state index contributed by atoms with van der Waals surface area (Å²) in [7, 11) is -3.87. The van der Waals surface area contributed by atoms with Crippen molar-refractivity contribution in [2.45, 2.75) is 49.9 Å². The summed E-state index contributed by atoms with van der Waals surface area (Å²) < 4.78 is 29.9. The van der Waals surface area contributed by atoms with E-state index in [1.807, 2.05) is 32.0 Å². The maximum atomic E-state index is 14.2. The number of sulfonamides is 1. The van der Waals surface area contributed by atoms with E-state index < -0.39 is 16.1 Å². The van der Waals surface area contributed by atoms with Crippen LogP contribution in [-0.4, -0.2) is 41.2 Å². The van der Waals surface area contributed by atoms with E-state index in [0.717, 1.165) is 44.7 Å². The third-order valence-electron chi connectivity index (χ3n) is 6.40. The highest BCUT2D eigenvalue weighted by Gasteiger charge is 2.41. The first-order valence-corrected chi connectivity index (χ1v) is 15.0. The van der Waals surface area contributed by atoms with Crippen molar-refractivity contribution in [3.63, 3.8) is 0 Å². The first-order valence-electron chi connectivity index (χ1n) is 11.6. The fourth-order valence-corrected chi connectivity index (χ4v) is 8.68. The summed E-state index contributed by atoms with van der Waals surface area (Å²) in [6.45, 7) is 4.62. The number of fused-ring (bicyclic) bond motifs is 1. The fraction of sp³-hybridized carbons (Fsp3) is 0.320. The number of halogens is 1. The maximum absolute atomic E-state index is 14.2. The van der Waals surface area contributed by atoms with Gasteiger partial charge < -0.3 is 0 Å². The number of nitrogens with zero attached hydrogens (tertiary/aromatic N) is 4.